The van der Waals surface area contributed by atoms with Crippen molar-refractivity contribution in [1.82, 2.24) is 10.6 Å². The smallest absolute Gasteiger partial charge is 0.326 e. The molecular formula is C16H22N2O3. The summed E-state index contributed by atoms with van der Waals surface area (Å²) in [5, 5.41) is 15.1. The van der Waals surface area contributed by atoms with E-state index in [0.717, 1.165) is 17.7 Å². The second kappa shape index (κ2) is 6.72. The number of hydrogen-bond donors (Lipinski definition) is 3. The molecule has 0 saturated carbocycles. The normalized spacial score (nSPS) is 18.9. The van der Waals surface area contributed by atoms with Gasteiger partial charge in [-0.3, -0.25) is 4.79 Å². The molecule has 1 unspecified atom stereocenters. The standard InChI is InChI=1S/C16H22N2O3/c1-10(2)7-14(16(20)21)18-15(19)13-9-17-8-11-5-3-4-6-12(11)13/h3-6,10,13-14,17H,7-9H2,1-2H3,(H,18,19)(H,20,21)/t13?,14-/m1/s1. The Labute approximate surface area is 124 Å². The first-order valence-electron chi connectivity index (χ1n) is 7.30. The Hall–Kier alpha value is -1.88. The largest absolute Gasteiger partial charge is 0.480 e. The summed E-state index contributed by atoms with van der Waals surface area (Å²) < 4.78 is 0. The predicted octanol–water partition coefficient (Wildman–Crippen LogP) is 1.49. The highest BCUT2D eigenvalue weighted by molar-refractivity contribution is 5.88. The number of amides is 1. The molecule has 0 aliphatic carbocycles. The molecule has 114 valence electrons. The van der Waals surface area contributed by atoms with Gasteiger partial charge in [0.2, 0.25) is 5.91 Å². The Kier molecular flexibility index (Phi) is 4.96. The van der Waals surface area contributed by atoms with E-state index in [1.165, 1.54) is 0 Å². The number of carbonyl (C=O) groups excluding carboxylic acids is 1. The molecule has 1 amide bonds. The van der Waals surface area contributed by atoms with Gasteiger partial charge in [0.25, 0.3) is 0 Å². The van der Waals surface area contributed by atoms with Gasteiger partial charge in [-0.05, 0) is 23.5 Å². The predicted molar refractivity (Wildman–Crippen MR) is 79.9 cm³/mol. The maximum Gasteiger partial charge on any atom is 0.326 e. The van der Waals surface area contributed by atoms with Gasteiger partial charge in [-0.15, -0.1) is 0 Å². The van der Waals surface area contributed by atoms with Crippen LogP contribution in [0.3, 0.4) is 0 Å². The first-order valence-corrected chi connectivity index (χ1v) is 7.30. The highest BCUT2D eigenvalue weighted by atomic mass is 16.4. The molecular weight excluding hydrogens is 268 g/mol. The highest BCUT2D eigenvalue weighted by Gasteiger charge is 2.29. The molecule has 0 saturated heterocycles. The summed E-state index contributed by atoms with van der Waals surface area (Å²) in [7, 11) is 0. The van der Waals surface area contributed by atoms with Gasteiger partial charge in [0.05, 0.1) is 5.92 Å². The molecule has 21 heavy (non-hydrogen) atoms. The molecule has 5 heteroatoms. The zero-order chi connectivity index (χ0) is 15.4. The van der Waals surface area contributed by atoms with E-state index in [1.54, 1.807) is 0 Å². The summed E-state index contributed by atoms with van der Waals surface area (Å²) in [5.41, 5.74) is 2.09. The molecule has 3 N–H and O–H groups in total. The van der Waals surface area contributed by atoms with E-state index in [9.17, 15) is 14.7 Å². The van der Waals surface area contributed by atoms with Crippen LogP contribution in [0, 0.1) is 5.92 Å². The number of nitrogens with one attached hydrogen (secondary N) is 2. The third-order valence-corrected chi connectivity index (χ3v) is 3.73. The first-order chi connectivity index (χ1) is 9.99. The van der Waals surface area contributed by atoms with Gasteiger partial charge in [0, 0.05) is 13.1 Å². The maximum atomic E-state index is 12.4. The topological polar surface area (TPSA) is 78.4 Å². The lowest BCUT2D eigenvalue weighted by atomic mass is 9.90. The van der Waals surface area contributed by atoms with E-state index < -0.39 is 12.0 Å². The fraction of sp³-hybridized carbons (Fsp3) is 0.500. The summed E-state index contributed by atoms with van der Waals surface area (Å²) in [6.45, 7) is 5.17. The number of rotatable bonds is 5. The van der Waals surface area contributed by atoms with Crippen LogP contribution in [-0.4, -0.2) is 29.6 Å². The van der Waals surface area contributed by atoms with Crippen molar-refractivity contribution < 1.29 is 14.7 Å². The van der Waals surface area contributed by atoms with Crippen molar-refractivity contribution >= 4 is 11.9 Å². The number of benzene rings is 1. The van der Waals surface area contributed by atoms with Crippen molar-refractivity contribution in [2.75, 3.05) is 6.54 Å². The molecule has 0 fully saturated rings. The third-order valence-electron chi connectivity index (χ3n) is 3.73. The van der Waals surface area contributed by atoms with Crippen LogP contribution >= 0.6 is 0 Å². The van der Waals surface area contributed by atoms with E-state index in [-0.39, 0.29) is 17.7 Å². The van der Waals surface area contributed by atoms with Crippen molar-refractivity contribution in [1.29, 1.82) is 0 Å². The Morgan fingerprint density at radius 1 is 1.38 bits per heavy atom. The van der Waals surface area contributed by atoms with Crippen molar-refractivity contribution in [3.8, 4) is 0 Å². The van der Waals surface area contributed by atoms with Crippen LogP contribution in [-0.2, 0) is 16.1 Å². The number of fused-ring (bicyclic) bond motifs is 1. The average molecular weight is 290 g/mol. The molecule has 0 radical (unpaired) electrons. The maximum absolute atomic E-state index is 12.4. The Morgan fingerprint density at radius 3 is 2.76 bits per heavy atom. The molecule has 1 heterocycles. The molecule has 1 aliphatic rings. The van der Waals surface area contributed by atoms with E-state index in [2.05, 4.69) is 10.6 Å². The van der Waals surface area contributed by atoms with Crippen LogP contribution in [0.15, 0.2) is 24.3 Å². The fourth-order valence-corrected chi connectivity index (χ4v) is 2.70. The minimum Gasteiger partial charge on any atom is -0.480 e. The SMILES string of the molecule is CC(C)C[C@@H](NC(=O)C1CNCc2ccccc21)C(=O)O. The van der Waals surface area contributed by atoms with Crippen LogP contribution in [0.25, 0.3) is 0 Å². The molecule has 5 nitrogen and oxygen atoms in total. The van der Waals surface area contributed by atoms with E-state index in [4.69, 9.17) is 0 Å². The van der Waals surface area contributed by atoms with Gasteiger partial charge >= 0.3 is 5.97 Å². The Balaban J connectivity index is 2.12. The van der Waals surface area contributed by atoms with Crippen LogP contribution in [0.4, 0.5) is 0 Å². The second-order valence-corrected chi connectivity index (χ2v) is 5.91. The number of carboxylic acid groups (broad SMARTS) is 1. The number of carboxylic acids is 1. The minimum atomic E-state index is -0.978. The van der Waals surface area contributed by atoms with Gasteiger partial charge in [-0.2, -0.15) is 0 Å². The monoisotopic (exact) mass is 290 g/mol. The highest BCUT2D eigenvalue weighted by Crippen LogP contribution is 2.24. The van der Waals surface area contributed by atoms with Crippen LogP contribution < -0.4 is 10.6 Å². The third kappa shape index (κ3) is 3.82. The minimum absolute atomic E-state index is 0.211. The van der Waals surface area contributed by atoms with E-state index in [1.807, 2.05) is 38.1 Å². The number of hydrogen-bond acceptors (Lipinski definition) is 3. The zero-order valence-corrected chi connectivity index (χ0v) is 12.4. The van der Waals surface area contributed by atoms with Gasteiger partial charge in [-0.25, -0.2) is 4.79 Å². The fourth-order valence-electron chi connectivity index (χ4n) is 2.70. The summed E-state index contributed by atoms with van der Waals surface area (Å²) in [6, 6.07) is 6.96. The second-order valence-electron chi connectivity index (χ2n) is 5.91. The van der Waals surface area contributed by atoms with E-state index in [0.29, 0.717) is 13.0 Å². The quantitative estimate of drug-likeness (QED) is 0.767. The van der Waals surface area contributed by atoms with Gasteiger partial charge < -0.3 is 15.7 Å². The number of carbonyl (C=O) groups is 2. The molecule has 2 rings (SSSR count). The molecule has 0 spiro atoms. The van der Waals surface area contributed by atoms with Crippen LogP contribution in [0.5, 0.6) is 0 Å². The molecule has 1 aromatic rings. The van der Waals surface area contributed by atoms with Gasteiger partial charge in [-0.1, -0.05) is 38.1 Å². The Morgan fingerprint density at radius 2 is 2.10 bits per heavy atom. The van der Waals surface area contributed by atoms with Crippen LogP contribution in [0.1, 0.15) is 37.3 Å². The molecule has 0 bridgehead atoms. The van der Waals surface area contributed by atoms with Crippen molar-refractivity contribution in [3.63, 3.8) is 0 Å². The lowest BCUT2D eigenvalue weighted by molar-refractivity contribution is -0.142. The first kappa shape index (κ1) is 15.5. The number of aliphatic carboxylic acids is 1. The van der Waals surface area contributed by atoms with E-state index >= 15 is 0 Å². The van der Waals surface area contributed by atoms with Crippen molar-refractivity contribution in [3.05, 3.63) is 35.4 Å². The lowest BCUT2D eigenvalue weighted by Gasteiger charge is -2.27. The van der Waals surface area contributed by atoms with Crippen LogP contribution in [0.2, 0.25) is 0 Å². The van der Waals surface area contributed by atoms with Crippen molar-refractivity contribution in [2.24, 2.45) is 5.92 Å². The summed E-state index contributed by atoms with van der Waals surface area (Å²) >= 11 is 0. The van der Waals surface area contributed by atoms with Gasteiger partial charge in [0.15, 0.2) is 0 Å². The molecule has 0 aromatic heterocycles. The molecule has 2 atom stereocenters. The Bertz CT molecular complexity index is 528. The lowest BCUT2D eigenvalue weighted by Crippen LogP contribution is -2.46. The summed E-state index contributed by atoms with van der Waals surface area (Å²) in [5.74, 6) is -1.32. The van der Waals surface area contributed by atoms with Gasteiger partial charge in [0.1, 0.15) is 6.04 Å². The molecule has 1 aliphatic heterocycles. The zero-order valence-electron chi connectivity index (χ0n) is 12.4. The summed E-state index contributed by atoms with van der Waals surface area (Å²) in [4.78, 5) is 23.7. The average Bonchev–Trinajstić information content (AvgIpc) is 2.45. The summed E-state index contributed by atoms with van der Waals surface area (Å²) in [6.07, 6.45) is 0.433. The molecule has 1 aromatic carbocycles. The van der Waals surface area contributed by atoms with Crippen molar-refractivity contribution in [2.45, 2.75) is 38.8 Å².